The fourth-order valence-electron chi connectivity index (χ4n) is 3.84. The molecule has 160 valence electrons. The molecule has 0 amide bonds. The Bertz CT molecular complexity index is 1130. The van der Waals surface area contributed by atoms with Gasteiger partial charge in [0, 0.05) is 23.9 Å². The number of hydrogen-bond acceptors (Lipinski definition) is 9. The van der Waals surface area contributed by atoms with Gasteiger partial charge in [0.2, 0.25) is 0 Å². The highest BCUT2D eigenvalue weighted by Gasteiger charge is 2.43. The van der Waals surface area contributed by atoms with Crippen LogP contribution in [-0.2, 0) is 5.75 Å². The van der Waals surface area contributed by atoms with E-state index in [1.165, 1.54) is 12.1 Å². The number of nitrogens with one attached hydrogen (secondary N) is 3. The SMILES string of the molecule is O=[N+]([O-])c1cc(CSC2NNC(c3ccc4nc[nH]c4c3)N2C2CC2)cc([N+](=O)[O-])c1. The van der Waals surface area contributed by atoms with Crippen LogP contribution in [0.2, 0.25) is 0 Å². The van der Waals surface area contributed by atoms with Crippen LogP contribution in [0.5, 0.6) is 0 Å². The molecule has 0 bridgehead atoms. The molecule has 0 spiro atoms. The Morgan fingerprint density at radius 1 is 1.06 bits per heavy atom. The number of hydrogen-bond donors (Lipinski definition) is 3. The minimum Gasteiger partial charge on any atom is -0.345 e. The van der Waals surface area contributed by atoms with Gasteiger partial charge in [-0.2, -0.15) is 0 Å². The van der Waals surface area contributed by atoms with E-state index in [4.69, 9.17) is 0 Å². The Balaban J connectivity index is 1.35. The predicted molar refractivity (Wildman–Crippen MR) is 115 cm³/mol. The molecule has 2 aromatic carbocycles. The smallest absolute Gasteiger partial charge is 0.276 e. The molecule has 11 nitrogen and oxygen atoms in total. The van der Waals surface area contributed by atoms with Crippen LogP contribution < -0.4 is 10.9 Å². The van der Waals surface area contributed by atoms with Crippen molar-refractivity contribution in [2.24, 2.45) is 0 Å². The van der Waals surface area contributed by atoms with Crippen LogP contribution in [0.4, 0.5) is 11.4 Å². The molecule has 2 fully saturated rings. The second-order valence-corrected chi connectivity index (χ2v) is 8.65. The number of nitrogens with zero attached hydrogens (tertiary/aromatic N) is 4. The highest BCUT2D eigenvalue weighted by atomic mass is 32.2. The van der Waals surface area contributed by atoms with Crippen molar-refractivity contribution < 1.29 is 9.85 Å². The van der Waals surface area contributed by atoms with E-state index in [1.807, 2.05) is 6.07 Å². The maximum Gasteiger partial charge on any atom is 0.276 e. The van der Waals surface area contributed by atoms with Crippen molar-refractivity contribution in [3.63, 3.8) is 0 Å². The standard InChI is InChI=1S/C19H19N7O4S/c27-25(28)14-5-11(6-15(8-14)26(29)30)9-31-19-23-22-18(24(19)13-2-3-13)12-1-4-16-17(7-12)21-10-20-16/h1,4-8,10,13,18-19,22-23H,2-3,9H2,(H,20,21). The summed E-state index contributed by atoms with van der Waals surface area (Å²) in [6, 6.07) is 10.3. The summed E-state index contributed by atoms with van der Waals surface area (Å²) in [5, 5.41) is 22.3. The van der Waals surface area contributed by atoms with Crippen LogP contribution in [0.15, 0.2) is 42.7 Å². The number of H-pyrrole nitrogens is 1. The molecule has 31 heavy (non-hydrogen) atoms. The van der Waals surface area contributed by atoms with Crippen molar-refractivity contribution in [3.05, 3.63) is 74.1 Å². The Morgan fingerprint density at radius 3 is 2.48 bits per heavy atom. The summed E-state index contributed by atoms with van der Waals surface area (Å²) in [5.41, 5.74) is 9.57. The van der Waals surface area contributed by atoms with Crippen LogP contribution in [0.3, 0.4) is 0 Å². The van der Waals surface area contributed by atoms with E-state index < -0.39 is 9.85 Å². The van der Waals surface area contributed by atoms with E-state index in [0.29, 0.717) is 17.4 Å². The first-order valence-electron chi connectivity index (χ1n) is 9.75. The van der Waals surface area contributed by atoms with Gasteiger partial charge in [0.1, 0.15) is 11.7 Å². The number of thioether (sulfide) groups is 1. The number of hydrazine groups is 1. The van der Waals surface area contributed by atoms with E-state index in [2.05, 4.69) is 37.9 Å². The van der Waals surface area contributed by atoms with E-state index >= 15 is 0 Å². The topological polar surface area (TPSA) is 142 Å². The van der Waals surface area contributed by atoms with Gasteiger partial charge in [-0.3, -0.25) is 25.1 Å². The highest BCUT2D eigenvalue weighted by molar-refractivity contribution is 7.99. The summed E-state index contributed by atoms with van der Waals surface area (Å²) >= 11 is 1.55. The zero-order valence-corrected chi connectivity index (χ0v) is 17.0. The first-order valence-corrected chi connectivity index (χ1v) is 10.8. The molecule has 1 aliphatic carbocycles. The van der Waals surface area contributed by atoms with Crippen LogP contribution in [-0.4, -0.2) is 36.3 Å². The van der Waals surface area contributed by atoms with Gasteiger partial charge in [0.25, 0.3) is 11.4 Å². The molecule has 2 unspecified atom stereocenters. The molecule has 1 saturated heterocycles. The third-order valence-corrected chi connectivity index (χ3v) is 6.61. The minimum absolute atomic E-state index is 0.0304. The summed E-state index contributed by atoms with van der Waals surface area (Å²) in [5.74, 6) is 0.400. The lowest BCUT2D eigenvalue weighted by Crippen LogP contribution is -2.35. The maximum atomic E-state index is 11.2. The lowest BCUT2D eigenvalue weighted by molar-refractivity contribution is -0.394. The molecule has 3 aromatic rings. The van der Waals surface area contributed by atoms with Gasteiger partial charge < -0.3 is 4.98 Å². The lowest BCUT2D eigenvalue weighted by Gasteiger charge is -2.27. The predicted octanol–water partition coefficient (Wildman–Crippen LogP) is 3.17. The van der Waals surface area contributed by atoms with Gasteiger partial charge in [-0.1, -0.05) is 6.07 Å². The number of aromatic nitrogens is 2. The first kappa shape index (κ1) is 19.9. The van der Waals surface area contributed by atoms with Crippen molar-refractivity contribution in [2.45, 2.75) is 36.3 Å². The Morgan fingerprint density at radius 2 is 1.81 bits per heavy atom. The number of benzene rings is 2. The Hall–Kier alpha value is -3.06. The molecule has 12 heteroatoms. The van der Waals surface area contributed by atoms with Crippen LogP contribution >= 0.6 is 11.8 Å². The van der Waals surface area contributed by atoms with Crippen molar-refractivity contribution >= 4 is 34.2 Å². The molecule has 0 radical (unpaired) electrons. The molecular weight excluding hydrogens is 422 g/mol. The van der Waals surface area contributed by atoms with Gasteiger partial charge in [0.05, 0.1) is 33.3 Å². The van der Waals surface area contributed by atoms with Gasteiger partial charge in [-0.05, 0) is 36.1 Å². The second kappa shape index (κ2) is 7.89. The van der Waals surface area contributed by atoms with Crippen molar-refractivity contribution in [1.29, 1.82) is 0 Å². The normalized spacial score (nSPS) is 21.5. The molecule has 2 atom stereocenters. The summed E-state index contributed by atoms with van der Waals surface area (Å²) < 4.78 is 0. The fraction of sp³-hybridized carbons (Fsp3) is 0.316. The number of nitro benzene ring substituents is 2. The monoisotopic (exact) mass is 441 g/mol. The summed E-state index contributed by atoms with van der Waals surface area (Å²) in [4.78, 5) is 30.9. The largest absolute Gasteiger partial charge is 0.345 e. The van der Waals surface area contributed by atoms with Crippen LogP contribution in [0, 0.1) is 20.2 Å². The first-order chi connectivity index (χ1) is 15.0. The number of non-ortho nitro benzene ring substituents is 2. The Labute approximate surface area is 180 Å². The molecule has 2 heterocycles. The molecular formula is C19H19N7O4S. The number of nitro groups is 2. The molecule has 1 saturated carbocycles. The van der Waals surface area contributed by atoms with E-state index in [1.54, 1.807) is 18.1 Å². The number of rotatable bonds is 7. The second-order valence-electron chi connectivity index (χ2n) is 7.58. The van der Waals surface area contributed by atoms with Crippen molar-refractivity contribution in [2.75, 3.05) is 0 Å². The zero-order chi connectivity index (χ0) is 21.5. The van der Waals surface area contributed by atoms with Crippen molar-refractivity contribution in [1.82, 2.24) is 25.7 Å². The average molecular weight is 441 g/mol. The highest BCUT2D eigenvalue weighted by Crippen LogP contribution is 2.40. The van der Waals surface area contributed by atoms with Gasteiger partial charge >= 0.3 is 0 Å². The summed E-state index contributed by atoms with van der Waals surface area (Å²) in [6.07, 6.45) is 3.85. The van der Waals surface area contributed by atoms with Gasteiger partial charge in [-0.25, -0.2) is 15.8 Å². The number of fused-ring (bicyclic) bond motifs is 1. The third kappa shape index (κ3) is 3.97. The van der Waals surface area contributed by atoms with Gasteiger partial charge in [0.15, 0.2) is 0 Å². The zero-order valence-electron chi connectivity index (χ0n) is 16.2. The molecule has 1 aliphatic heterocycles. The molecule has 3 N–H and O–H groups in total. The number of aromatic amines is 1. The quantitative estimate of drug-likeness (QED) is 0.372. The fourth-order valence-corrected chi connectivity index (χ4v) is 4.98. The third-order valence-electron chi connectivity index (χ3n) is 5.43. The van der Waals surface area contributed by atoms with Gasteiger partial charge in [-0.15, -0.1) is 11.8 Å². The Kier molecular flexibility index (Phi) is 5.06. The van der Waals surface area contributed by atoms with Crippen LogP contribution in [0.1, 0.15) is 30.1 Å². The minimum atomic E-state index is -0.603. The maximum absolute atomic E-state index is 11.2. The average Bonchev–Trinajstić information content (AvgIpc) is 3.33. The summed E-state index contributed by atoms with van der Waals surface area (Å²) in [6.45, 7) is 0. The van der Waals surface area contributed by atoms with E-state index in [-0.39, 0.29) is 23.0 Å². The molecule has 5 rings (SSSR count). The lowest BCUT2D eigenvalue weighted by atomic mass is 10.1. The molecule has 2 aliphatic rings. The van der Waals surface area contributed by atoms with Crippen LogP contribution in [0.25, 0.3) is 11.0 Å². The number of imidazole rings is 1. The van der Waals surface area contributed by atoms with E-state index in [9.17, 15) is 20.2 Å². The van der Waals surface area contributed by atoms with E-state index in [0.717, 1.165) is 35.5 Å². The van der Waals surface area contributed by atoms with Crippen molar-refractivity contribution in [3.8, 4) is 0 Å². The summed E-state index contributed by atoms with van der Waals surface area (Å²) in [7, 11) is 0. The molecule has 1 aromatic heterocycles.